The van der Waals surface area contributed by atoms with Crippen LogP contribution in [0.25, 0.3) is 10.6 Å². The quantitative estimate of drug-likeness (QED) is 0.887. The standard InChI is InChI=1S/C12H15N3S/c1-3-10-11(8(2)13)16-12(15-10)9-5-4-6-14-7-9/h4-8H,3,13H2,1-2H3. The van der Waals surface area contributed by atoms with Gasteiger partial charge in [0, 0.05) is 28.9 Å². The number of nitrogens with zero attached hydrogens (tertiary/aromatic N) is 2. The summed E-state index contributed by atoms with van der Waals surface area (Å²) in [5.41, 5.74) is 8.11. The molecule has 0 aliphatic rings. The maximum absolute atomic E-state index is 5.94. The molecule has 2 rings (SSSR count). The highest BCUT2D eigenvalue weighted by molar-refractivity contribution is 7.15. The molecule has 0 spiro atoms. The van der Waals surface area contributed by atoms with Crippen molar-refractivity contribution in [2.45, 2.75) is 26.3 Å². The number of aromatic nitrogens is 2. The zero-order valence-corrected chi connectivity index (χ0v) is 10.3. The molecule has 4 heteroatoms. The smallest absolute Gasteiger partial charge is 0.125 e. The Morgan fingerprint density at radius 2 is 2.31 bits per heavy atom. The molecular weight excluding hydrogens is 218 g/mol. The zero-order valence-electron chi connectivity index (χ0n) is 9.47. The SMILES string of the molecule is CCc1nc(-c2cccnc2)sc1C(C)N. The first-order valence-corrected chi connectivity index (χ1v) is 6.19. The number of aryl methyl sites for hydroxylation is 1. The van der Waals surface area contributed by atoms with Gasteiger partial charge in [-0.15, -0.1) is 11.3 Å². The number of rotatable bonds is 3. The molecule has 84 valence electrons. The average molecular weight is 233 g/mol. The van der Waals surface area contributed by atoms with Crippen molar-refractivity contribution >= 4 is 11.3 Å². The monoisotopic (exact) mass is 233 g/mol. The summed E-state index contributed by atoms with van der Waals surface area (Å²) in [6, 6.07) is 4.00. The third kappa shape index (κ3) is 2.13. The second kappa shape index (κ2) is 4.72. The summed E-state index contributed by atoms with van der Waals surface area (Å²) < 4.78 is 0. The molecule has 2 aromatic heterocycles. The lowest BCUT2D eigenvalue weighted by molar-refractivity contribution is 0.814. The molecule has 16 heavy (non-hydrogen) atoms. The van der Waals surface area contributed by atoms with Gasteiger partial charge < -0.3 is 5.73 Å². The molecular formula is C12H15N3S. The van der Waals surface area contributed by atoms with Crippen molar-refractivity contribution in [2.75, 3.05) is 0 Å². The maximum Gasteiger partial charge on any atom is 0.125 e. The van der Waals surface area contributed by atoms with Crippen molar-refractivity contribution in [2.24, 2.45) is 5.73 Å². The first-order chi connectivity index (χ1) is 7.72. The van der Waals surface area contributed by atoms with Gasteiger partial charge in [-0.05, 0) is 25.5 Å². The van der Waals surface area contributed by atoms with E-state index >= 15 is 0 Å². The van der Waals surface area contributed by atoms with Crippen LogP contribution in [0.4, 0.5) is 0 Å². The van der Waals surface area contributed by atoms with Crippen LogP contribution in [0.2, 0.25) is 0 Å². The van der Waals surface area contributed by atoms with Crippen molar-refractivity contribution in [1.29, 1.82) is 0 Å². The number of thiazole rings is 1. The lowest BCUT2D eigenvalue weighted by Crippen LogP contribution is -2.05. The van der Waals surface area contributed by atoms with Gasteiger partial charge in [-0.3, -0.25) is 4.98 Å². The van der Waals surface area contributed by atoms with Crippen LogP contribution in [0.1, 0.15) is 30.5 Å². The molecule has 2 N–H and O–H groups in total. The summed E-state index contributed by atoms with van der Waals surface area (Å²) in [6.45, 7) is 4.10. The van der Waals surface area contributed by atoms with Gasteiger partial charge in [-0.25, -0.2) is 4.98 Å². The Morgan fingerprint density at radius 3 is 2.81 bits per heavy atom. The van der Waals surface area contributed by atoms with E-state index in [0.29, 0.717) is 0 Å². The summed E-state index contributed by atoms with van der Waals surface area (Å²) in [5.74, 6) is 0. The predicted octanol–water partition coefficient (Wildman–Crippen LogP) is 2.79. The lowest BCUT2D eigenvalue weighted by atomic mass is 10.2. The molecule has 0 saturated heterocycles. The minimum atomic E-state index is 0.0536. The van der Waals surface area contributed by atoms with Gasteiger partial charge in [0.15, 0.2) is 0 Å². The molecule has 0 fully saturated rings. The molecule has 2 aromatic rings. The maximum atomic E-state index is 5.94. The Balaban J connectivity index is 2.44. The number of hydrogen-bond donors (Lipinski definition) is 1. The molecule has 0 aromatic carbocycles. The summed E-state index contributed by atoms with van der Waals surface area (Å²) in [5, 5.41) is 1.01. The van der Waals surface area contributed by atoms with Crippen molar-refractivity contribution in [1.82, 2.24) is 9.97 Å². The summed E-state index contributed by atoms with van der Waals surface area (Å²) in [7, 11) is 0. The van der Waals surface area contributed by atoms with Crippen LogP contribution < -0.4 is 5.73 Å². The van der Waals surface area contributed by atoms with E-state index in [2.05, 4.69) is 16.9 Å². The van der Waals surface area contributed by atoms with Crippen LogP contribution in [0.3, 0.4) is 0 Å². The Kier molecular flexibility index (Phi) is 3.31. The van der Waals surface area contributed by atoms with Crippen LogP contribution in [0.15, 0.2) is 24.5 Å². The first kappa shape index (κ1) is 11.2. The van der Waals surface area contributed by atoms with E-state index in [1.54, 1.807) is 17.5 Å². The van der Waals surface area contributed by atoms with Crippen LogP contribution in [-0.4, -0.2) is 9.97 Å². The lowest BCUT2D eigenvalue weighted by Gasteiger charge is -2.01. The fourth-order valence-electron chi connectivity index (χ4n) is 1.59. The minimum absolute atomic E-state index is 0.0536. The Labute approximate surface area is 99.4 Å². The third-order valence-corrected chi connectivity index (χ3v) is 3.73. The number of hydrogen-bond acceptors (Lipinski definition) is 4. The second-order valence-electron chi connectivity index (χ2n) is 3.71. The molecule has 0 radical (unpaired) electrons. The normalized spacial score (nSPS) is 12.7. The number of nitrogens with two attached hydrogens (primary N) is 1. The average Bonchev–Trinajstić information content (AvgIpc) is 2.74. The molecule has 1 unspecified atom stereocenters. The highest BCUT2D eigenvalue weighted by Gasteiger charge is 2.13. The third-order valence-electron chi connectivity index (χ3n) is 2.38. The van der Waals surface area contributed by atoms with Crippen LogP contribution in [-0.2, 0) is 6.42 Å². The molecule has 0 amide bonds. The fraction of sp³-hybridized carbons (Fsp3) is 0.333. The van der Waals surface area contributed by atoms with Gasteiger partial charge in [0.1, 0.15) is 5.01 Å². The summed E-state index contributed by atoms with van der Waals surface area (Å²) in [6.07, 6.45) is 4.53. The molecule has 0 bridgehead atoms. The van der Waals surface area contributed by atoms with Gasteiger partial charge in [0.05, 0.1) is 5.69 Å². The van der Waals surface area contributed by atoms with Crippen molar-refractivity contribution in [3.05, 3.63) is 35.1 Å². The van der Waals surface area contributed by atoms with E-state index in [0.717, 1.165) is 22.7 Å². The van der Waals surface area contributed by atoms with Gasteiger partial charge >= 0.3 is 0 Å². The molecule has 0 aliphatic carbocycles. The van der Waals surface area contributed by atoms with Crippen LogP contribution in [0.5, 0.6) is 0 Å². The van der Waals surface area contributed by atoms with E-state index in [1.165, 1.54) is 4.88 Å². The molecule has 3 nitrogen and oxygen atoms in total. The Bertz CT molecular complexity index is 462. The topological polar surface area (TPSA) is 51.8 Å². The largest absolute Gasteiger partial charge is 0.323 e. The van der Waals surface area contributed by atoms with E-state index in [9.17, 15) is 0 Å². The summed E-state index contributed by atoms with van der Waals surface area (Å²) in [4.78, 5) is 9.91. The van der Waals surface area contributed by atoms with Crippen molar-refractivity contribution in [3.8, 4) is 10.6 Å². The molecule has 1 atom stereocenters. The van der Waals surface area contributed by atoms with E-state index < -0.39 is 0 Å². The van der Waals surface area contributed by atoms with Gasteiger partial charge in [-0.1, -0.05) is 6.92 Å². The summed E-state index contributed by atoms with van der Waals surface area (Å²) >= 11 is 1.67. The van der Waals surface area contributed by atoms with Gasteiger partial charge in [0.2, 0.25) is 0 Å². The molecule has 2 heterocycles. The van der Waals surface area contributed by atoms with E-state index in [1.807, 2.05) is 25.3 Å². The van der Waals surface area contributed by atoms with E-state index in [4.69, 9.17) is 5.73 Å². The van der Waals surface area contributed by atoms with Crippen LogP contribution in [0, 0.1) is 0 Å². The highest BCUT2D eigenvalue weighted by Crippen LogP contribution is 2.30. The van der Waals surface area contributed by atoms with Gasteiger partial charge in [-0.2, -0.15) is 0 Å². The second-order valence-corrected chi connectivity index (χ2v) is 4.74. The number of pyridine rings is 1. The predicted molar refractivity (Wildman–Crippen MR) is 67.3 cm³/mol. The van der Waals surface area contributed by atoms with Gasteiger partial charge in [0.25, 0.3) is 0 Å². The molecule has 0 aliphatic heterocycles. The Morgan fingerprint density at radius 1 is 1.50 bits per heavy atom. The van der Waals surface area contributed by atoms with E-state index in [-0.39, 0.29) is 6.04 Å². The minimum Gasteiger partial charge on any atom is -0.323 e. The Hall–Kier alpha value is -1.26. The van der Waals surface area contributed by atoms with Crippen LogP contribution >= 0.6 is 11.3 Å². The molecule has 0 saturated carbocycles. The highest BCUT2D eigenvalue weighted by atomic mass is 32.1. The fourth-order valence-corrected chi connectivity index (χ4v) is 2.68. The van der Waals surface area contributed by atoms with Crippen molar-refractivity contribution in [3.63, 3.8) is 0 Å². The zero-order chi connectivity index (χ0) is 11.5. The first-order valence-electron chi connectivity index (χ1n) is 5.38. The van der Waals surface area contributed by atoms with Crippen molar-refractivity contribution < 1.29 is 0 Å².